The summed E-state index contributed by atoms with van der Waals surface area (Å²) in [6, 6.07) is 34.8. The van der Waals surface area contributed by atoms with Gasteiger partial charge in [-0.05, 0) is 204 Å². The molecule has 89 heavy (non-hydrogen) atoms. The molecule has 5 aromatic carbocycles. The Morgan fingerprint density at radius 3 is 1.61 bits per heavy atom. The first-order chi connectivity index (χ1) is 43.2. The minimum Gasteiger partial charge on any atom is -0.494 e. The fraction of sp³-hybridized carbons (Fsp3) is 0.474. The molecule has 13 nitrogen and oxygen atoms in total. The van der Waals surface area contributed by atoms with Crippen molar-refractivity contribution in [2.75, 3.05) is 59.4 Å². The normalized spacial score (nSPS) is 12.5. The van der Waals surface area contributed by atoms with Gasteiger partial charge in [0.05, 0.1) is 51.8 Å². The number of unbranched alkanes of at least 4 members (excludes halogenated alkanes) is 11. The Morgan fingerprint density at radius 2 is 1.04 bits per heavy atom. The number of ketones is 1. The molecule has 0 amide bonds. The molecule has 2 N–H and O–H groups in total. The second-order valence-corrected chi connectivity index (χ2v) is 23.1. The fourth-order valence-electron chi connectivity index (χ4n) is 10.1. The molecule has 0 aliphatic carbocycles. The van der Waals surface area contributed by atoms with Crippen molar-refractivity contribution >= 4 is 23.7 Å². The number of aryl methyl sites for hydroxylation is 4. The van der Waals surface area contributed by atoms with Gasteiger partial charge in [-0.1, -0.05) is 133 Å². The topological polar surface area (TPSA) is 168 Å². The maximum absolute atomic E-state index is 13.0. The van der Waals surface area contributed by atoms with Gasteiger partial charge in [0.1, 0.15) is 29.1 Å². The van der Waals surface area contributed by atoms with Crippen molar-refractivity contribution < 1.29 is 57.1 Å². The highest BCUT2D eigenvalue weighted by Gasteiger charge is 2.23. The lowest BCUT2D eigenvalue weighted by molar-refractivity contribution is -0.139. The lowest BCUT2D eigenvalue weighted by Gasteiger charge is -2.20. The van der Waals surface area contributed by atoms with Crippen LogP contribution in [0.1, 0.15) is 176 Å². The Kier molecular flexibility index (Phi) is 33.8. The molecule has 482 valence electrons. The highest BCUT2D eigenvalue weighted by Crippen LogP contribution is 2.36. The Labute approximate surface area is 531 Å². The fourth-order valence-corrected chi connectivity index (χ4v) is 10.1. The minimum atomic E-state index is -0.594. The number of carbonyl (C=O) groups is 4. The van der Waals surface area contributed by atoms with E-state index >= 15 is 0 Å². The van der Waals surface area contributed by atoms with Crippen molar-refractivity contribution in [3.8, 4) is 45.3 Å². The number of hydrogen-bond donors (Lipinski definition) is 1. The van der Waals surface area contributed by atoms with Crippen molar-refractivity contribution in [1.82, 2.24) is 0 Å². The van der Waals surface area contributed by atoms with Crippen LogP contribution in [0.2, 0.25) is 0 Å². The van der Waals surface area contributed by atoms with Crippen LogP contribution >= 0.6 is 0 Å². The van der Waals surface area contributed by atoms with E-state index in [1.807, 2.05) is 30.3 Å². The predicted molar refractivity (Wildman–Crippen MR) is 357 cm³/mol. The molecule has 13 heteroatoms. The van der Waals surface area contributed by atoms with E-state index in [2.05, 4.69) is 94.2 Å². The summed E-state index contributed by atoms with van der Waals surface area (Å²) in [5.74, 6) is 1.42. The highest BCUT2D eigenvalue weighted by molar-refractivity contribution is 6.02. The smallest absolute Gasteiger partial charge is 0.333 e. The van der Waals surface area contributed by atoms with Gasteiger partial charge in [-0.2, -0.15) is 0 Å². The summed E-state index contributed by atoms with van der Waals surface area (Å²) in [5.41, 5.74) is 15.9. The van der Waals surface area contributed by atoms with Crippen molar-refractivity contribution in [1.29, 1.82) is 0 Å². The lowest BCUT2D eigenvalue weighted by Crippen LogP contribution is -2.19. The molecule has 1 aliphatic rings. The van der Waals surface area contributed by atoms with Gasteiger partial charge in [-0.3, -0.25) is 4.79 Å². The van der Waals surface area contributed by atoms with Crippen molar-refractivity contribution in [3.05, 3.63) is 167 Å². The van der Waals surface area contributed by atoms with Crippen LogP contribution in [0.25, 0.3) is 22.3 Å². The highest BCUT2D eigenvalue weighted by atomic mass is 16.6. The second kappa shape index (κ2) is 41.7. The van der Waals surface area contributed by atoms with Crippen LogP contribution in [0.15, 0.2) is 140 Å². The molecule has 0 radical (unpaired) electrons. The first-order valence-corrected chi connectivity index (χ1v) is 32.6. The van der Waals surface area contributed by atoms with Crippen LogP contribution < -0.4 is 24.7 Å². The predicted octanol–water partition coefficient (Wildman–Crippen LogP) is 16.7. The van der Waals surface area contributed by atoms with E-state index in [4.69, 9.17) is 43.6 Å². The van der Waals surface area contributed by atoms with Gasteiger partial charge in [0.25, 0.3) is 0 Å². The Morgan fingerprint density at radius 1 is 0.517 bits per heavy atom. The molecule has 5 aromatic rings. The lowest BCUT2D eigenvalue weighted by atomic mass is 9.91. The molecule has 6 rings (SSSR count). The van der Waals surface area contributed by atoms with Crippen LogP contribution in [0.4, 0.5) is 0 Å². The van der Waals surface area contributed by atoms with Gasteiger partial charge in [0.15, 0.2) is 6.61 Å². The molecule has 1 unspecified atom stereocenters. The van der Waals surface area contributed by atoms with Crippen molar-refractivity contribution in [3.63, 3.8) is 0 Å². The van der Waals surface area contributed by atoms with Gasteiger partial charge < -0.3 is 43.6 Å². The standard InChI is InChI=1S/C44H59NO6.C32H42O6/c1-6-36-18-10-11-21-41(36)39-31-37(19-15-29-50-43(46)33(2)3)42(38(32-39)20-16-30-51-44(47)34(4)5)49-28-13-7-9-17-35-22-24-40(25-23-35)48-27-14-8-12-26-45;1-4-5-6-7-8-9-10-11-19-36-27-15-12-25(13-16-27)26-14-17-31(38-28-18-20-35-22-28)29(21-26)30(33)23-37-32(34)24(2)3/h10-11,18,21-25,31-32H,2,4,6-9,12-17,19-20,26-30,45H2,1,3,5H3;12-17,21,28H,2,4-11,18-20,22-23H2,1,3H3. The number of ether oxygens (including phenoxy) is 8. The molecule has 0 aromatic heterocycles. The number of Topliss-reactive ketones (excluding diaryl/α,β-unsaturated/α-hetero) is 1. The van der Waals surface area contributed by atoms with Crippen molar-refractivity contribution in [2.45, 2.75) is 176 Å². The zero-order valence-electron chi connectivity index (χ0n) is 54.2. The van der Waals surface area contributed by atoms with Gasteiger partial charge in [-0.25, -0.2) is 14.4 Å². The molecular weight excluding hydrogens is 1120 g/mol. The number of benzene rings is 5. The average molecular weight is 1220 g/mol. The minimum absolute atomic E-state index is 0.108. The van der Waals surface area contributed by atoms with E-state index in [1.54, 1.807) is 32.9 Å². The molecule has 1 atom stereocenters. The van der Waals surface area contributed by atoms with Crippen LogP contribution in [0, 0.1) is 0 Å². The SMILES string of the molecule is C=C(C)C(=O)OCC(=O)c1cc(-c2ccc(OCCCCCCCCCC)cc2)ccc1OC1CCOC1.C=C(C)C(=O)OCCCc1cc(-c2ccccc2CC)cc(CCCOC(=O)C(=C)C)c1OCCCCCc1ccc(OCCCCCN)cc1. The third-order valence-corrected chi connectivity index (χ3v) is 15.3. The summed E-state index contributed by atoms with van der Waals surface area (Å²) in [5, 5.41) is 0. The first kappa shape index (κ1) is 72.3. The van der Waals surface area contributed by atoms with Crippen molar-refractivity contribution in [2.24, 2.45) is 5.73 Å². The summed E-state index contributed by atoms with van der Waals surface area (Å²) < 4.78 is 45.8. The van der Waals surface area contributed by atoms with E-state index in [0.29, 0.717) is 87.8 Å². The Hall–Kier alpha value is -7.48. The number of carbonyl (C=O) groups excluding carboxylic acids is 4. The van der Waals surface area contributed by atoms with E-state index < -0.39 is 5.97 Å². The quantitative estimate of drug-likeness (QED) is 0.0129. The number of nitrogens with two attached hydrogens (primary N) is 1. The second-order valence-electron chi connectivity index (χ2n) is 23.1. The van der Waals surface area contributed by atoms with Crippen LogP contribution in [0.3, 0.4) is 0 Å². The van der Waals surface area contributed by atoms with Crippen LogP contribution in [-0.2, 0) is 59.0 Å². The van der Waals surface area contributed by atoms with Crippen LogP contribution in [-0.4, -0.2) is 89.2 Å². The average Bonchev–Trinajstić information content (AvgIpc) is 2.07. The zero-order valence-corrected chi connectivity index (χ0v) is 54.2. The molecule has 1 aliphatic heterocycles. The maximum Gasteiger partial charge on any atom is 0.333 e. The zero-order chi connectivity index (χ0) is 64.0. The summed E-state index contributed by atoms with van der Waals surface area (Å²) in [4.78, 5) is 48.9. The first-order valence-electron chi connectivity index (χ1n) is 32.6. The molecule has 1 fully saturated rings. The van der Waals surface area contributed by atoms with E-state index in [-0.39, 0.29) is 36.0 Å². The molecule has 0 saturated carbocycles. The molecule has 0 bridgehead atoms. The third-order valence-electron chi connectivity index (χ3n) is 15.3. The number of rotatable bonds is 42. The monoisotopic (exact) mass is 1220 g/mol. The van der Waals surface area contributed by atoms with Gasteiger partial charge in [0.2, 0.25) is 5.78 Å². The third kappa shape index (κ3) is 27.0. The van der Waals surface area contributed by atoms with Crippen LogP contribution in [0.5, 0.6) is 23.0 Å². The maximum atomic E-state index is 13.0. The Bertz CT molecular complexity index is 2920. The van der Waals surface area contributed by atoms with E-state index in [1.165, 1.54) is 61.6 Å². The molecular formula is C76H101NO12. The van der Waals surface area contributed by atoms with Gasteiger partial charge in [0, 0.05) is 23.1 Å². The van der Waals surface area contributed by atoms with Gasteiger partial charge >= 0.3 is 17.9 Å². The Balaban J connectivity index is 0.000000338. The summed E-state index contributed by atoms with van der Waals surface area (Å²) in [7, 11) is 0. The number of hydrogen-bond acceptors (Lipinski definition) is 13. The van der Waals surface area contributed by atoms with E-state index in [0.717, 1.165) is 122 Å². The molecule has 1 saturated heterocycles. The van der Waals surface area contributed by atoms with Gasteiger partial charge in [-0.15, -0.1) is 0 Å². The number of esters is 3. The summed E-state index contributed by atoms with van der Waals surface area (Å²) >= 11 is 0. The molecule has 0 spiro atoms. The van der Waals surface area contributed by atoms with E-state index in [9.17, 15) is 19.2 Å². The summed E-state index contributed by atoms with van der Waals surface area (Å²) in [6.07, 6.45) is 21.6. The summed E-state index contributed by atoms with van der Waals surface area (Å²) in [6.45, 7) is 24.3. The molecule has 1 heterocycles. The largest absolute Gasteiger partial charge is 0.494 e.